The summed E-state index contributed by atoms with van der Waals surface area (Å²) in [5.74, 6) is 0.834. The summed E-state index contributed by atoms with van der Waals surface area (Å²) >= 11 is 0. The van der Waals surface area contributed by atoms with E-state index in [-0.39, 0.29) is 10.9 Å². The van der Waals surface area contributed by atoms with Crippen LogP contribution in [0.3, 0.4) is 0 Å². The lowest BCUT2D eigenvalue weighted by molar-refractivity contribution is 0.222. The minimum absolute atomic E-state index is 0.0793. The van der Waals surface area contributed by atoms with Gasteiger partial charge in [-0.15, -0.1) is 0 Å². The molecule has 0 radical (unpaired) electrons. The fourth-order valence-corrected chi connectivity index (χ4v) is 2.42. The van der Waals surface area contributed by atoms with Gasteiger partial charge in [-0.3, -0.25) is 0 Å². The molecule has 0 bridgehead atoms. The van der Waals surface area contributed by atoms with Gasteiger partial charge >= 0.3 is 0 Å². The molecule has 98 valence electrons. The molecule has 2 atom stereocenters. The lowest BCUT2D eigenvalue weighted by Gasteiger charge is -2.25. The van der Waals surface area contributed by atoms with Crippen molar-refractivity contribution in [3.05, 3.63) is 29.8 Å². The molecule has 0 saturated carbocycles. The smallest absolute Gasteiger partial charge is 0.145 e. The second kappa shape index (κ2) is 4.84. The van der Waals surface area contributed by atoms with E-state index in [0.29, 0.717) is 6.42 Å². The number of fused-ring (bicyclic) bond motifs is 1. The van der Waals surface area contributed by atoms with E-state index in [9.17, 15) is 4.21 Å². The van der Waals surface area contributed by atoms with Gasteiger partial charge in [0.2, 0.25) is 0 Å². The number of nitrogens with zero attached hydrogens (tertiary/aromatic N) is 1. The van der Waals surface area contributed by atoms with Crippen molar-refractivity contribution < 1.29 is 8.95 Å². The summed E-state index contributed by atoms with van der Waals surface area (Å²) in [6.07, 6.45) is 0.786. The van der Waals surface area contributed by atoms with Crippen molar-refractivity contribution in [1.82, 2.24) is 0 Å². The molecule has 0 saturated heterocycles. The van der Waals surface area contributed by atoms with Crippen LogP contribution in [0.1, 0.15) is 39.7 Å². The van der Waals surface area contributed by atoms with Crippen molar-refractivity contribution >= 4 is 16.7 Å². The monoisotopic (exact) mass is 265 g/mol. The van der Waals surface area contributed by atoms with Crippen molar-refractivity contribution in [2.45, 2.75) is 45.0 Å². The second-order valence-electron chi connectivity index (χ2n) is 5.53. The molecule has 0 spiro atoms. The molecule has 1 aromatic carbocycles. The molecule has 1 heterocycles. The molecule has 1 aliphatic heterocycles. The number of benzene rings is 1. The molecule has 0 fully saturated rings. The van der Waals surface area contributed by atoms with Gasteiger partial charge in [-0.05, 0) is 39.8 Å². The zero-order valence-electron chi connectivity index (χ0n) is 11.3. The maximum absolute atomic E-state index is 12.1. The standard InChI is InChI=1S/C14H19NO2S/c1-10-9-12(15-18(16)14(2,3)4)11-7-5-6-8-13(11)17-10/h5-8,10H,9H2,1-4H3/b15-12+/t10-,18-/m0/s1. The molecule has 0 aliphatic carbocycles. The van der Waals surface area contributed by atoms with E-state index in [2.05, 4.69) is 4.40 Å². The van der Waals surface area contributed by atoms with Gasteiger partial charge in [0.05, 0.1) is 10.5 Å². The summed E-state index contributed by atoms with van der Waals surface area (Å²) in [6.45, 7) is 7.80. The van der Waals surface area contributed by atoms with Crippen LogP contribution in [-0.4, -0.2) is 20.8 Å². The summed E-state index contributed by atoms with van der Waals surface area (Å²) in [6, 6.07) is 7.79. The first-order chi connectivity index (χ1) is 8.38. The largest absolute Gasteiger partial charge is 0.490 e. The minimum Gasteiger partial charge on any atom is -0.490 e. The summed E-state index contributed by atoms with van der Waals surface area (Å²) in [5.41, 5.74) is 1.85. The zero-order valence-corrected chi connectivity index (χ0v) is 12.1. The van der Waals surface area contributed by atoms with Gasteiger partial charge < -0.3 is 4.74 Å². The Morgan fingerprint density at radius 3 is 2.67 bits per heavy atom. The average molecular weight is 265 g/mol. The van der Waals surface area contributed by atoms with Crippen molar-refractivity contribution in [2.24, 2.45) is 4.40 Å². The molecule has 2 rings (SSSR count). The highest BCUT2D eigenvalue weighted by molar-refractivity contribution is 7.85. The Bertz CT molecular complexity index is 503. The molecule has 4 heteroatoms. The maximum atomic E-state index is 12.1. The molecule has 0 aromatic heterocycles. The van der Waals surface area contributed by atoms with Crippen LogP contribution in [0.25, 0.3) is 0 Å². The Hall–Kier alpha value is -1.16. The number of hydrogen-bond acceptors (Lipinski definition) is 2. The van der Waals surface area contributed by atoms with E-state index in [0.717, 1.165) is 17.0 Å². The average Bonchev–Trinajstić information content (AvgIpc) is 2.27. The Morgan fingerprint density at radius 1 is 1.33 bits per heavy atom. The van der Waals surface area contributed by atoms with Crippen LogP contribution < -0.4 is 4.74 Å². The Morgan fingerprint density at radius 2 is 2.00 bits per heavy atom. The first-order valence-electron chi connectivity index (χ1n) is 6.13. The van der Waals surface area contributed by atoms with E-state index in [1.807, 2.05) is 52.0 Å². The highest BCUT2D eigenvalue weighted by atomic mass is 32.2. The van der Waals surface area contributed by atoms with Crippen LogP contribution in [-0.2, 0) is 11.0 Å². The summed E-state index contributed by atoms with van der Waals surface area (Å²) in [4.78, 5) is 0. The van der Waals surface area contributed by atoms with Crippen LogP contribution in [0.5, 0.6) is 5.75 Å². The van der Waals surface area contributed by atoms with E-state index in [4.69, 9.17) is 4.74 Å². The van der Waals surface area contributed by atoms with Crippen LogP contribution in [0.4, 0.5) is 0 Å². The van der Waals surface area contributed by atoms with E-state index in [1.165, 1.54) is 0 Å². The highest BCUT2D eigenvalue weighted by Crippen LogP contribution is 2.28. The first-order valence-corrected chi connectivity index (χ1v) is 7.24. The maximum Gasteiger partial charge on any atom is 0.145 e. The van der Waals surface area contributed by atoms with Crippen LogP contribution in [0.15, 0.2) is 28.7 Å². The van der Waals surface area contributed by atoms with Crippen molar-refractivity contribution in [3.8, 4) is 5.75 Å². The lowest BCUT2D eigenvalue weighted by atomic mass is 10.0. The van der Waals surface area contributed by atoms with Crippen LogP contribution in [0.2, 0.25) is 0 Å². The Kier molecular flexibility index (Phi) is 3.57. The van der Waals surface area contributed by atoms with Crippen LogP contribution >= 0.6 is 0 Å². The van der Waals surface area contributed by atoms with Gasteiger partial charge in [0.15, 0.2) is 0 Å². The van der Waals surface area contributed by atoms with Gasteiger partial charge in [-0.25, -0.2) is 4.21 Å². The first kappa shape index (κ1) is 13.3. The third-order valence-electron chi connectivity index (χ3n) is 2.72. The molecule has 0 amide bonds. The Balaban J connectivity index is 2.40. The fourth-order valence-electron chi connectivity index (χ4n) is 1.77. The van der Waals surface area contributed by atoms with E-state index in [1.54, 1.807) is 0 Å². The third-order valence-corrected chi connectivity index (χ3v) is 4.16. The molecule has 0 unspecified atom stereocenters. The predicted molar refractivity (Wildman–Crippen MR) is 75.6 cm³/mol. The number of ether oxygens (including phenoxy) is 1. The number of hydrogen-bond donors (Lipinski definition) is 0. The number of rotatable bonds is 1. The molecule has 1 aliphatic rings. The van der Waals surface area contributed by atoms with E-state index >= 15 is 0 Å². The third kappa shape index (κ3) is 2.80. The summed E-state index contributed by atoms with van der Waals surface area (Å²) in [7, 11) is -1.22. The minimum atomic E-state index is -1.22. The quantitative estimate of drug-likeness (QED) is 0.782. The SMILES string of the molecule is C[C@H]1C/C(=N\[S@@](=O)C(C)(C)C)c2ccccc2O1. The van der Waals surface area contributed by atoms with Gasteiger partial charge in [0.25, 0.3) is 0 Å². The molecule has 18 heavy (non-hydrogen) atoms. The molecular formula is C14H19NO2S. The van der Waals surface area contributed by atoms with Gasteiger partial charge in [-0.2, -0.15) is 4.40 Å². The van der Waals surface area contributed by atoms with Gasteiger partial charge in [0, 0.05) is 12.0 Å². The predicted octanol–water partition coefficient (Wildman–Crippen LogP) is 3.11. The summed E-state index contributed by atoms with van der Waals surface area (Å²) < 4.78 is 22.0. The normalized spacial score (nSPS) is 23.3. The van der Waals surface area contributed by atoms with Crippen molar-refractivity contribution in [3.63, 3.8) is 0 Å². The number of para-hydroxylation sites is 1. The van der Waals surface area contributed by atoms with Crippen molar-refractivity contribution in [2.75, 3.05) is 0 Å². The fraction of sp³-hybridized carbons (Fsp3) is 0.500. The second-order valence-corrected chi connectivity index (χ2v) is 7.43. The molecule has 3 nitrogen and oxygen atoms in total. The van der Waals surface area contributed by atoms with Gasteiger partial charge in [0.1, 0.15) is 22.8 Å². The zero-order chi connectivity index (χ0) is 13.3. The molecular weight excluding hydrogens is 246 g/mol. The van der Waals surface area contributed by atoms with Gasteiger partial charge in [-0.1, -0.05) is 12.1 Å². The lowest BCUT2D eigenvalue weighted by Crippen LogP contribution is -2.27. The topological polar surface area (TPSA) is 38.7 Å². The summed E-state index contributed by atoms with van der Waals surface area (Å²) in [5, 5.41) is 0. The van der Waals surface area contributed by atoms with Crippen molar-refractivity contribution in [1.29, 1.82) is 0 Å². The van der Waals surface area contributed by atoms with Crippen LogP contribution in [0, 0.1) is 0 Å². The molecule has 1 aromatic rings. The molecule has 0 N–H and O–H groups in total. The highest BCUT2D eigenvalue weighted by Gasteiger charge is 2.25. The van der Waals surface area contributed by atoms with E-state index < -0.39 is 11.0 Å². The Labute approximate surface area is 111 Å².